The normalized spacial score (nSPS) is 13.9. The molecule has 248 valence electrons. The van der Waals surface area contributed by atoms with E-state index in [9.17, 15) is 22.4 Å². The number of ether oxygens (including phenoxy) is 2. The van der Waals surface area contributed by atoms with E-state index in [0.29, 0.717) is 37.3 Å². The Kier molecular flexibility index (Phi) is 8.94. The Morgan fingerprint density at radius 3 is 2.29 bits per heavy atom. The minimum Gasteiger partial charge on any atom is -0.497 e. The third kappa shape index (κ3) is 6.61. The summed E-state index contributed by atoms with van der Waals surface area (Å²) in [5.41, 5.74) is -0.489. The number of methoxy groups -OCH3 is 2. The molecule has 2 N–H and O–H groups in total. The zero-order valence-electron chi connectivity index (χ0n) is 25.9. The van der Waals surface area contributed by atoms with Crippen molar-refractivity contribution < 1.29 is 31.4 Å². The molecule has 6 rings (SSSR count). The first-order valence-electron chi connectivity index (χ1n) is 14.9. The monoisotopic (exact) mass is 663 g/mol. The Balaban J connectivity index is 1.46. The van der Waals surface area contributed by atoms with Crippen LogP contribution in [0.2, 0.25) is 0 Å². The van der Waals surface area contributed by atoms with E-state index in [0.717, 1.165) is 17.8 Å². The van der Waals surface area contributed by atoms with Crippen molar-refractivity contribution in [3.63, 3.8) is 0 Å². The zero-order chi connectivity index (χ0) is 34.0. The van der Waals surface area contributed by atoms with Gasteiger partial charge in [0.1, 0.15) is 28.8 Å². The first kappa shape index (κ1) is 32.4. The summed E-state index contributed by atoms with van der Waals surface area (Å²) in [4.78, 5) is 23.7. The number of nitrogens with one attached hydrogen (secondary N) is 2. The predicted molar refractivity (Wildman–Crippen MR) is 175 cm³/mol. The number of halogens is 5. The van der Waals surface area contributed by atoms with Crippen molar-refractivity contribution in [1.29, 1.82) is 0 Å². The van der Waals surface area contributed by atoms with Crippen LogP contribution in [0.25, 0.3) is 22.0 Å². The van der Waals surface area contributed by atoms with Crippen molar-refractivity contribution in [3.8, 4) is 22.6 Å². The topological polar surface area (TPSA) is 82.2 Å². The van der Waals surface area contributed by atoms with E-state index in [-0.39, 0.29) is 39.7 Å². The second-order valence-electron chi connectivity index (χ2n) is 11.0. The predicted octanol–water partition coefficient (Wildman–Crippen LogP) is 7.43. The molecule has 1 saturated heterocycles. The van der Waals surface area contributed by atoms with Gasteiger partial charge in [0.05, 0.1) is 31.0 Å². The molecule has 0 unspecified atom stereocenters. The number of para-hydroxylation sites is 2. The number of aliphatic imine (C=N–C) groups is 1. The van der Waals surface area contributed by atoms with Crippen molar-refractivity contribution >= 4 is 33.9 Å². The van der Waals surface area contributed by atoms with Gasteiger partial charge in [0.2, 0.25) is 11.5 Å². The lowest BCUT2D eigenvalue weighted by molar-refractivity contribution is -0.137. The van der Waals surface area contributed by atoms with Crippen LogP contribution in [0.3, 0.4) is 0 Å². The molecule has 13 heteroatoms. The summed E-state index contributed by atoms with van der Waals surface area (Å²) in [6.45, 7) is 1.70. The van der Waals surface area contributed by atoms with Gasteiger partial charge < -0.3 is 29.6 Å². The van der Waals surface area contributed by atoms with Crippen LogP contribution in [0.5, 0.6) is 11.5 Å². The number of piperazine rings is 1. The van der Waals surface area contributed by atoms with E-state index in [1.807, 2.05) is 24.3 Å². The van der Waals surface area contributed by atoms with E-state index < -0.39 is 28.9 Å². The Hall–Kier alpha value is -5.59. The van der Waals surface area contributed by atoms with E-state index in [4.69, 9.17) is 9.47 Å². The standard InChI is InChI=1S/C35H30F5N5O3/c1-47-23-7-3-6-22(19-23)44-14-16-45(17-15-44)34(41-29-18-21(35(38,39)40)12-13-30(29)48-2)43-33-25(9-5-11-28(33)37)26-20-31(46)42-32-24(26)8-4-10-27(32)36/h3-13,18-20H,14-17H2,1-2H3,(H,41,43)(H,42,46). The number of alkyl halides is 3. The summed E-state index contributed by atoms with van der Waals surface area (Å²) < 4.78 is 82.5. The molecule has 0 aliphatic carbocycles. The number of guanidine groups is 1. The highest BCUT2D eigenvalue weighted by molar-refractivity contribution is 6.01. The van der Waals surface area contributed by atoms with Crippen LogP contribution in [-0.2, 0) is 6.18 Å². The van der Waals surface area contributed by atoms with Crippen LogP contribution < -0.4 is 25.2 Å². The summed E-state index contributed by atoms with van der Waals surface area (Å²) in [5.74, 6) is -0.585. The Bertz CT molecular complexity index is 2060. The van der Waals surface area contributed by atoms with Gasteiger partial charge in [0, 0.05) is 54.9 Å². The zero-order valence-corrected chi connectivity index (χ0v) is 25.9. The third-order valence-electron chi connectivity index (χ3n) is 8.09. The number of nitrogens with zero attached hydrogens (tertiary/aromatic N) is 3. The first-order valence-corrected chi connectivity index (χ1v) is 14.9. The molecule has 1 aromatic heterocycles. The van der Waals surface area contributed by atoms with Crippen LogP contribution >= 0.6 is 0 Å². The van der Waals surface area contributed by atoms with E-state index in [1.54, 1.807) is 24.1 Å². The van der Waals surface area contributed by atoms with Gasteiger partial charge in [-0.2, -0.15) is 13.2 Å². The summed E-state index contributed by atoms with van der Waals surface area (Å²) >= 11 is 0. The average Bonchev–Trinajstić information content (AvgIpc) is 3.08. The van der Waals surface area contributed by atoms with Crippen molar-refractivity contribution in [2.24, 2.45) is 4.99 Å². The molecular weight excluding hydrogens is 633 g/mol. The molecule has 0 spiro atoms. The number of anilines is 2. The Morgan fingerprint density at radius 2 is 1.56 bits per heavy atom. The first-order chi connectivity index (χ1) is 23.0. The van der Waals surface area contributed by atoms with Gasteiger partial charge in [-0.05, 0) is 48.0 Å². The SMILES string of the molecule is COc1cccc(N2CCN(C(=Nc3c(F)cccc3-c3cc(=O)[nH]c4c(F)cccc34)Nc3cc(C(F)(F)F)ccc3OC)CC2)c1. The van der Waals surface area contributed by atoms with Crippen LogP contribution in [0.15, 0.2) is 94.7 Å². The van der Waals surface area contributed by atoms with E-state index in [2.05, 4.69) is 20.2 Å². The van der Waals surface area contributed by atoms with Gasteiger partial charge in [0.25, 0.3) is 0 Å². The van der Waals surface area contributed by atoms with Crippen LogP contribution in [-0.4, -0.2) is 56.2 Å². The Morgan fingerprint density at radius 1 is 0.833 bits per heavy atom. The lowest BCUT2D eigenvalue weighted by atomic mass is 9.99. The van der Waals surface area contributed by atoms with Gasteiger partial charge in [-0.1, -0.05) is 30.3 Å². The molecule has 0 saturated carbocycles. The second kappa shape index (κ2) is 13.3. The number of benzene rings is 4. The molecule has 1 aliphatic rings. The number of hydrogen-bond acceptors (Lipinski definition) is 5. The van der Waals surface area contributed by atoms with Crippen molar-refractivity contribution in [2.75, 3.05) is 50.6 Å². The minimum absolute atomic E-state index is 0.0390. The van der Waals surface area contributed by atoms with Gasteiger partial charge in [-0.25, -0.2) is 13.8 Å². The number of hydrogen-bond donors (Lipinski definition) is 2. The quantitative estimate of drug-likeness (QED) is 0.112. The lowest BCUT2D eigenvalue weighted by Gasteiger charge is -2.38. The van der Waals surface area contributed by atoms with Crippen molar-refractivity contribution in [3.05, 3.63) is 112 Å². The summed E-state index contributed by atoms with van der Waals surface area (Å²) in [6.07, 6.45) is -4.64. The molecule has 0 radical (unpaired) electrons. The molecule has 0 atom stereocenters. The molecule has 1 aliphatic heterocycles. The largest absolute Gasteiger partial charge is 0.497 e. The maximum absolute atomic E-state index is 15.8. The fourth-order valence-electron chi connectivity index (χ4n) is 5.68. The molecule has 5 aromatic rings. The summed E-state index contributed by atoms with van der Waals surface area (Å²) in [5, 5.41) is 3.30. The number of rotatable bonds is 6. The van der Waals surface area contributed by atoms with Crippen LogP contribution in [0.1, 0.15) is 5.56 Å². The molecule has 4 aromatic carbocycles. The maximum Gasteiger partial charge on any atom is 0.416 e. The molecule has 1 fully saturated rings. The fraction of sp³-hybridized carbons (Fsp3) is 0.200. The van der Waals surface area contributed by atoms with E-state index >= 15 is 4.39 Å². The fourth-order valence-corrected chi connectivity index (χ4v) is 5.68. The summed E-state index contributed by atoms with van der Waals surface area (Å²) in [6, 6.07) is 20.2. The molecular formula is C35H30F5N5O3. The third-order valence-corrected chi connectivity index (χ3v) is 8.09. The van der Waals surface area contributed by atoms with Crippen molar-refractivity contribution in [2.45, 2.75) is 6.18 Å². The van der Waals surface area contributed by atoms with Gasteiger partial charge in [-0.15, -0.1) is 0 Å². The van der Waals surface area contributed by atoms with E-state index in [1.165, 1.54) is 43.5 Å². The molecule has 0 amide bonds. The smallest absolute Gasteiger partial charge is 0.416 e. The molecule has 48 heavy (non-hydrogen) atoms. The number of pyridine rings is 1. The molecule has 0 bridgehead atoms. The molecule has 2 heterocycles. The summed E-state index contributed by atoms with van der Waals surface area (Å²) in [7, 11) is 2.90. The molecule has 8 nitrogen and oxygen atoms in total. The number of aromatic nitrogens is 1. The highest BCUT2D eigenvalue weighted by Crippen LogP contribution is 2.38. The van der Waals surface area contributed by atoms with Crippen LogP contribution in [0.4, 0.5) is 39.0 Å². The van der Waals surface area contributed by atoms with Crippen LogP contribution in [0, 0.1) is 11.6 Å². The highest BCUT2D eigenvalue weighted by atomic mass is 19.4. The maximum atomic E-state index is 15.8. The van der Waals surface area contributed by atoms with Crippen molar-refractivity contribution in [1.82, 2.24) is 9.88 Å². The number of H-pyrrole nitrogens is 1. The van der Waals surface area contributed by atoms with Gasteiger partial charge in [-0.3, -0.25) is 4.79 Å². The number of aromatic amines is 1. The average molecular weight is 664 g/mol. The highest BCUT2D eigenvalue weighted by Gasteiger charge is 2.32. The van der Waals surface area contributed by atoms with Gasteiger partial charge in [0.15, 0.2) is 0 Å². The Labute approximate surface area is 272 Å². The number of fused-ring (bicyclic) bond motifs is 1. The second-order valence-corrected chi connectivity index (χ2v) is 11.0. The van der Waals surface area contributed by atoms with Gasteiger partial charge >= 0.3 is 6.18 Å². The minimum atomic E-state index is -4.64. The lowest BCUT2D eigenvalue weighted by Crippen LogP contribution is -2.50.